The third-order valence-electron chi connectivity index (χ3n) is 1.99. The summed E-state index contributed by atoms with van der Waals surface area (Å²) in [7, 11) is 3.09. The molecule has 4 nitrogen and oxygen atoms in total. The van der Waals surface area contributed by atoms with Crippen molar-refractivity contribution in [1.82, 2.24) is 0 Å². The first-order valence-electron chi connectivity index (χ1n) is 3.89. The van der Waals surface area contributed by atoms with Gasteiger partial charge in [-0.15, -0.1) is 0 Å². The van der Waals surface area contributed by atoms with Crippen LogP contribution in [-0.2, 0) is 4.74 Å². The monoisotopic (exact) mass is 179 g/mol. The van der Waals surface area contributed by atoms with Gasteiger partial charge >= 0.3 is 5.97 Å². The number of methoxy groups -OCH3 is 1. The molecular weight excluding hydrogens is 170 g/mol. The van der Waals surface area contributed by atoms with Crippen molar-refractivity contribution in [3.8, 4) is 0 Å². The van der Waals surface area contributed by atoms with Crippen LogP contribution in [-0.4, -0.2) is 20.1 Å². The molecule has 68 valence electrons. The number of ether oxygens (including phenoxy) is 1. The highest BCUT2D eigenvalue weighted by molar-refractivity contribution is 6.07. The molecule has 0 aliphatic carbocycles. The summed E-state index contributed by atoms with van der Waals surface area (Å²) in [4.78, 5) is 11.3. The quantitative estimate of drug-likeness (QED) is 0.713. The van der Waals surface area contributed by atoms with Gasteiger partial charge in [-0.25, -0.2) is 4.79 Å². The van der Waals surface area contributed by atoms with E-state index in [1.54, 1.807) is 13.1 Å². The number of rotatable bonds is 2. The number of carbonyl (C=O) groups is 1. The molecule has 0 aromatic carbocycles. The van der Waals surface area contributed by atoms with Gasteiger partial charge in [0.05, 0.1) is 12.8 Å². The van der Waals surface area contributed by atoms with E-state index in [1.807, 2.05) is 6.07 Å². The van der Waals surface area contributed by atoms with Gasteiger partial charge in [0.2, 0.25) is 0 Å². The number of benzene rings is 1. The van der Waals surface area contributed by atoms with Crippen molar-refractivity contribution in [3.05, 3.63) is 17.7 Å². The number of hydrogen-bond donors (Lipinski definition) is 1. The Kier molecular flexibility index (Phi) is 1.62. The maximum Gasteiger partial charge on any atom is 0.343 e. The lowest BCUT2D eigenvalue weighted by molar-refractivity contribution is 0.0603. The standard InChI is InChI=1S/C9H9NO3/c1-10-8-6-4-3-5(13-6)7(8)9(11)12-2/h3-4,10H,1-2H3. The van der Waals surface area contributed by atoms with Crippen molar-refractivity contribution in [2.45, 2.75) is 0 Å². The van der Waals surface area contributed by atoms with Crippen LogP contribution < -0.4 is 5.32 Å². The minimum Gasteiger partial charge on any atom is -0.465 e. The van der Waals surface area contributed by atoms with E-state index in [1.165, 1.54) is 7.11 Å². The molecule has 0 fully saturated rings. The first-order valence-corrected chi connectivity index (χ1v) is 3.89. The Morgan fingerprint density at radius 1 is 1.46 bits per heavy atom. The highest BCUT2D eigenvalue weighted by Gasteiger charge is 2.22. The third kappa shape index (κ3) is 0.950. The number of nitrogens with one attached hydrogen (secondary N) is 1. The molecule has 13 heavy (non-hydrogen) atoms. The SMILES string of the molecule is CNc1c(C(=O)OC)c2ccc1o2. The molecule has 0 unspecified atom stereocenters. The van der Waals surface area contributed by atoms with Gasteiger partial charge in [0.1, 0.15) is 11.1 Å². The zero-order chi connectivity index (χ0) is 9.42. The Hall–Kier alpha value is -1.71. The zero-order valence-corrected chi connectivity index (χ0v) is 7.38. The molecule has 0 amide bonds. The fourth-order valence-electron chi connectivity index (χ4n) is 1.41. The van der Waals surface area contributed by atoms with Crippen molar-refractivity contribution >= 4 is 22.8 Å². The molecule has 2 bridgehead atoms. The molecule has 2 heterocycles. The summed E-state index contributed by atoms with van der Waals surface area (Å²) in [5.41, 5.74) is 2.41. The van der Waals surface area contributed by atoms with E-state index in [9.17, 15) is 4.79 Å². The summed E-state index contributed by atoms with van der Waals surface area (Å²) >= 11 is 0. The van der Waals surface area contributed by atoms with Crippen LogP contribution in [0.2, 0.25) is 0 Å². The predicted octanol–water partition coefficient (Wildman–Crippen LogP) is 1.70. The molecule has 0 saturated heterocycles. The number of hydrogen-bond acceptors (Lipinski definition) is 4. The van der Waals surface area contributed by atoms with Crippen molar-refractivity contribution < 1.29 is 13.9 Å². The minimum absolute atomic E-state index is 0.376. The van der Waals surface area contributed by atoms with Crippen LogP contribution in [0.5, 0.6) is 0 Å². The number of furan rings is 2. The van der Waals surface area contributed by atoms with E-state index in [0.717, 1.165) is 0 Å². The normalized spacial score (nSPS) is 10.6. The summed E-state index contributed by atoms with van der Waals surface area (Å²) in [5, 5.41) is 2.91. The topological polar surface area (TPSA) is 51.5 Å². The molecule has 1 N–H and O–H groups in total. The first kappa shape index (κ1) is 7.91. The van der Waals surface area contributed by atoms with Gasteiger partial charge in [0.15, 0.2) is 5.58 Å². The van der Waals surface area contributed by atoms with E-state index in [0.29, 0.717) is 22.4 Å². The van der Waals surface area contributed by atoms with Gasteiger partial charge in [0, 0.05) is 7.05 Å². The van der Waals surface area contributed by atoms with Crippen molar-refractivity contribution in [1.29, 1.82) is 0 Å². The van der Waals surface area contributed by atoms with E-state index in [2.05, 4.69) is 10.1 Å². The number of fused-ring (bicyclic) bond motifs is 2. The van der Waals surface area contributed by atoms with Crippen LogP contribution in [0.1, 0.15) is 10.4 Å². The molecular formula is C9H9NO3. The lowest BCUT2D eigenvalue weighted by Crippen LogP contribution is -2.04. The largest absolute Gasteiger partial charge is 0.465 e. The minimum atomic E-state index is -0.376. The summed E-state index contributed by atoms with van der Waals surface area (Å²) in [6, 6.07) is 3.57. The van der Waals surface area contributed by atoms with Crippen LogP contribution in [0.3, 0.4) is 0 Å². The van der Waals surface area contributed by atoms with Crippen LogP contribution in [0.25, 0.3) is 11.2 Å². The van der Waals surface area contributed by atoms with Gasteiger partial charge in [-0.1, -0.05) is 0 Å². The molecule has 0 aliphatic heterocycles. The van der Waals surface area contributed by atoms with E-state index >= 15 is 0 Å². The summed E-state index contributed by atoms with van der Waals surface area (Å²) in [5.74, 6) is -0.376. The van der Waals surface area contributed by atoms with Crippen LogP contribution >= 0.6 is 0 Å². The fourth-order valence-corrected chi connectivity index (χ4v) is 1.41. The zero-order valence-electron chi connectivity index (χ0n) is 7.38. The van der Waals surface area contributed by atoms with Gasteiger partial charge in [0.25, 0.3) is 0 Å². The Labute approximate surface area is 74.8 Å². The van der Waals surface area contributed by atoms with Gasteiger partial charge in [-0.05, 0) is 12.1 Å². The number of carbonyl (C=O) groups excluding carboxylic acids is 1. The van der Waals surface area contributed by atoms with Crippen LogP contribution in [0.4, 0.5) is 5.69 Å². The highest BCUT2D eigenvalue weighted by atomic mass is 16.5. The van der Waals surface area contributed by atoms with E-state index in [-0.39, 0.29) is 5.97 Å². The van der Waals surface area contributed by atoms with E-state index in [4.69, 9.17) is 4.42 Å². The van der Waals surface area contributed by atoms with Gasteiger partial charge < -0.3 is 14.5 Å². The van der Waals surface area contributed by atoms with Crippen LogP contribution in [0, 0.1) is 0 Å². The smallest absolute Gasteiger partial charge is 0.343 e. The fraction of sp³-hybridized carbons (Fsp3) is 0.222. The van der Waals surface area contributed by atoms with Gasteiger partial charge in [-0.3, -0.25) is 0 Å². The first-order chi connectivity index (χ1) is 6.27. The summed E-state index contributed by atoms with van der Waals surface area (Å²) in [6.45, 7) is 0. The average molecular weight is 179 g/mol. The van der Waals surface area contributed by atoms with E-state index < -0.39 is 0 Å². The third-order valence-corrected chi connectivity index (χ3v) is 1.99. The number of esters is 1. The van der Waals surface area contributed by atoms with Gasteiger partial charge in [-0.2, -0.15) is 0 Å². The Bertz CT molecular complexity index is 432. The highest BCUT2D eigenvalue weighted by Crippen LogP contribution is 2.33. The maximum absolute atomic E-state index is 11.3. The Balaban J connectivity index is 2.61. The van der Waals surface area contributed by atoms with Crippen molar-refractivity contribution in [3.63, 3.8) is 0 Å². The molecule has 2 aromatic heterocycles. The molecule has 2 aromatic rings. The second-order valence-corrected chi connectivity index (χ2v) is 2.66. The molecule has 0 aliphatic rings. The lowest BCUT2D eigenvalue weighted by Gasteiger charge is -2.01. The van der Waals surface area contributed by atoms with Crippen molar-refractivity contribution in [2.24, 2.45) is 0 Å². The number of anilines is 1. The Morgan fingerprint density at radius 2 is 2.15 bits per heavy atom. The molecule has 0 atom stereocenters. The van der Waals surface area contributed by atoms with Crippen molar-refractivity contribution in [2.75, 3.05) is 19.5 Å². The lowest BCUT2D eigenvalue weighted by atomic mass is 10.2. The molecule has 4 heteroatoms. The second kappa shape index (κ2) is 2.65. The molecule has 0 radical (unpaired) electrons. The molecule has 2 rings (SSSR count). The molecule has 0 saturated carbocycles. The molecule has 0 spiro atoms. The summed E-state index contributed by atoms with van der Waals surface area (Å²) < 4.78 is 9.93. The predicted molar refractivity (Wildman–Crippen MR) is 48.3 cm³/mol. The van der Waals surface area contributed by atoms with Crippen LogP contribution in [0.15, 0.2) is 16.5 Å². The Morgan fingerprint density at radius 3 is 2.77 bits per heavy atom. The average Bonchev–Trinajstić information content (AvgIpc) is 2.74. The maximum atomic E-state index is 11.3. The summed E-state index contributed by atoms with van der Waals surface area (Å²) in [6.07, 6.45) is 0. The second-order valence-electron chi connectivity index (χ2n) is 2.66.